The van der Waals surface area contributed by atoms with Crippen molar-refractivity contribution in [2.24, 2.45) is 0 Å². The van der Waals surface area contributed by atoms with Crippen molar-refractivity contribution in [1.82, 2.24) is 18.4 Å². The maximum atomic E-state index is 13.3. The average Bonchev–Trinajstić information content (AvgIpc) is 3.52. The van der Waals surface area contributed by atoms with E-state index in [0.717, 1.165) is 28.2 Å². The third kappa shape index (κ3) is 8.58. The van der Waals surface area contributed by atoms with Gasteiger partial charge in [-0.25, -0.2) is 0 Å². The normalized spacial score (nSPS) is 12.3. The van der Waals surface area contributed by atoms with Gasteiger partial charge in [0.25, 0.3) is 11.1 Å². The Hall–Kier alpha value is -3.45. The van der Waals surface area contributed by atoms with Gasteiger partial charge in [0.1, 0.15) is 11.0 Å². The molecule has 4 heterocycles. The lowest BCUT2D eigenvalue weighted by Gasteiger charge is -2.36. The van der Waals surface area contributed by atoms with Crippen molar-refractivity contribution < 1.29 is 8.85 Å². The number of aryl methyl sites for hydroxylation is 2. The molecule has 10 heteroatoms. The largest absolute Gasteiger partial charge is 0.411 e. The van der Waals surface area contributed by atoms with Crippen molar-refractivity contribution in [3.63, 3.8) is 0 Å². The number of hydrogen-bond acceptors (Lipinski definition) is 4. The molecule has 0 saturated heterocycles. The predicted molar refractivity (Wildman–Crippen MR) is 208 cm³/mol. The molecule has 264 valence electrons. The van der Waals surface area contributed by atoms with E-state index in [2.05, 4.69) is 72.7 Å². The van der Waals surface area contributed by atoms with Crippen LogP contribution in [0.25, 0.3) is 16.7 Å². The molecular weight excluding hydrogens is 633 g/mol. The second-order valence-electron chi connectivity index (χ2n) is 15.3. The van der Waals surface area contributed by atoms with Crippen molar-refractivity contribution in [1.29, 1.82) is 0 Å². The molecule has 0 unspecified atom stereocenters. The molecule has 4 aromatic heterocycles. The molecule has 5 rings (SSSR count). The number of fused-ring (bicyclic) bond motifs is 2. The Balaban J connectivity index is 0.000000330. The Labute approximate surface area is 290 Å². The summed E-state index contributed by atoms with van der Waals surface area (Å²) >= 11 is 0. The number of para-hydroxylation sites is 1. The van der Waals surface area contributed by atoms with Crippen LogP contribution in [0.4, 0.5) is 0 Å². The van der Waals surface area contributed by atoms with E-state index in [4.69, 9.17) is 8.85 Å². The van der Waals surface area contributed by atoms with E-state index in [-0.39, 0.29) is 36.0 Å². The SMILES string of the molecule is C.C.Cc1ccn2cc(CO[Si](C)(C)C(C)(C)C)[nH]c(=O)c12.Cc1ccn2cc(CO[Si](C)(C)C(C)(C)C)n(-c3ccccc3)c(=O)c12. The standard InChI is InChI=1S/C21H28N2O2Si.C15H24N2O2Si.2CH4/c1-16-12-13-22-14-18(15-25-26(5,6)21(2,3)4)23(20(24)19(16)22)17-10-8-7-9-11-17;1-11-7-8-17-9-12(16-14(18)13(11)17)10-19-20(5,6)15(2,3)4;;/h7-14H,15H2,1-6H3;7-9H,10H2,1-6H3,(H,16,18);2*1H4. The Morgan fingerprint density at radius 3 is 1.69 bits per heavy atom. The number of rotatable bonds is 7. The van der Waals surface area contributed by atoms with Gasteiger partial charge >= 0.3 is 0 Å². The van der Waals surface area contributed by atoms with E-state index < -0.39 is 16.6 Å². The van der Waals surface area contributed by atoms with E-state index in [9.17, 15) is 9.59 Å². The van der Waals surface area contributed by atoms with Crippen LogP contribution in [0.2, 0.25) is 36.3 Å². The molecule has 48 heavy (non-hydrogen) atoms. The van der Waals surface area contributed by atoms with Gasteiger partial charge in [-0.15, -0.1) is 0 Å². The molecule has 0 radical (unpaired) electrons. The summed E-state index contributed by atoms with van der Waals surface area (Å²) in [6.45, 7) is 27.0. The summed E-state index contributed by atoms with van der Waals surface area (Å²) in [6, 6.07) is 13.7. The minimum absolute atomic E-state index is 0. The molecule has 1 N–H and O–H groups in total. The minimum atomic E-state index is -1.92. The zero-order chi connectivity index (χ0) is 34.2. The second-order valence-corrected chi connectivity index (χ2v) is 24.9. The molecule has 0 fully saturated rings. The van der Waals surface area contributed by atoms with Gasteiger partial charge in [-0.05, 0) is 85.5 Å². The van der Waals surface area contributed by atoms with Gasteiger partial charge < -0.3 is 22.6 Å². The zero-order valence-electron chi connectivity index (χ0n) is 29.7. The van der Waals surface area contributed by atoms with Crippen molar-refractivity contribution >= 4 is 27.7 Å². The summed E-state index contributed by atoms with van der Waals surface area (Å²) in [5.74, 6) is 0. The van der Waals surface area contributed by atoms with Gasteiger partial charge in [0.15, 0.2) is 16.6 Å². The Morgan fingerprint density at radius 1 is 0.688 bits per heavy atom. The molecule has 0 aliphatic carbocycles. The van der Waals surface area contributed by atoms with Crippen LogP contribution in [0.3, 0.4) is 0 Å². The van der Waals surface area contributed by atoms with Gasteiger partial charge in [0.2, 0.25) is 0 Å². The number of benzene rings is 1. The highest BCUT2D eigenvalue weighted by atomic mass is 28.4. The number of hydrogen-bond donors (Lipinski definition) is 1. The number of aromatic nitrogens is 4. The fourth-order valence-corrected chi connectivity index (χ4v) is 6.62. The summed E-state index contributed by atoms with van der Waals surface area (Å²) in [4.78, 5) is 28.3. The summed E-state index contributed by atoms with van der Waals surface area (Å²) < 4.78 is 18.1. The molecule has 0 aliphatic rings. The molecule has 0 atom stereocenters. The molecule has 0 saturated carbocycles. The Morgan fingerprint density at radius 2 is 1.17 bits per heavy atom. The highest BCUT2D eigenvalue weighted by Crippen LogP contribution is 2.38. The van der Waals surface area contributed by atoms with Crippen molar-refractivity contribution in [3.8, 4) is 5.69 Å². The molecule has 0 spiro atoms. The molecule has 0 bridgehead atoms. The quantitative estimate of drug-likeness (QED) is 0.172. The van der Waals surface area contributed by atoms with Gasteiger partial charge in [-0.2, -0.15) is 0 Å². The smallest absolute Gasteiger partial charge is 0.279 e. The second kappa shape index (κ2) is 15.0. The third-order valence-corrected chi connectivity index (χ3v) is 18.8. The molecule has 0 amide bonds. The summed E-state index contributed by atoms with van der Waals surface area (Å²) in [5.41, 5.74) is 5.90. The first kappa shape index (κ1) is 40.7. The van der Waals surface area contributed by atoms with Crippen LogP contribution < -0.4 is 11.1 Å². The van der Waals surface area contributed by atoms with Crippen molar-refractivity contribution in [3.05, 3.63) is 110 Å². The first-order valence-corrected chi connectivity index (χ1v) is 21.8. The minimum Gasteiger partial charge on any atom is -0.411 e. The molecule has 8 nitrogen and oxygen atoms in total. The molecular formula is C38H60N4O4Si2. The fraction of sp³-hybridized carbons (Fsp3) is 0.474. The van der Waals surface area contributed by atoms with Crippen LogP contribution in [0.15, 0.2) is 76.8 Å². The topological polar surface area (TPSA) is 82.1 Å². The first-order chi connectivity index (χ1) is 21.2. The van der Waals surface area contributed by atoms with Crippen molar-refractivity contribution in [2.75, 3.05) is 0 Å². The Bertz CT molecular complexity index is 1940. The van der Waals surface area contributed by atoms with Gasteiger partial charge in [-0.3, -0.25) is 14.2 Å². The summed E-state index contributed by atoms with van der Waals surface area (Å²) in [6.07, 6.45) is 7.81. The van der Waals surface area contributed by atoms with Crippen LogP contribution >= 0.6 is 0 Å². The summed E-state index contributed by atoms with van der Waals surface area (Å²) in [5, 5.41) is 0.292. The molecule has 1 aromatic carbocycles. The summed E-state index contributed by atoms with van der Waals surface area (Å²) in [7, 11) is -3.71. The monoisotopic (exact) mass is 692 g/mol. The van der Waals surface area contributed by atoms with E-state index >= 15 is 0 Å². The Kier molecular flexibility index (Phi) is 12.7. The van der Waals surface area contributed by atoms with E-state index in [0.29, 0.717) is 24.2 Å². The number of nitrogens with zero attached hydrogens (tertiary/aromatic N) is 3. The van der Waals surface area contributed by atoms with Gasteiger partial charge in [-0.1, -0.05) is 74.6 Å². The first-order valence-electron chi connectivity index (χ1n) is 16.0. The van der Waals surface area contributed by atoms with E-state index in [1.165, 1.54) is 0 Å². The lowest BCUT2D eigenvalue weighted by atomic mass is 10.2. The zero-order valence-corrected chi connectivity index (χ0v) is 31.7. The van der Waals surface area contributed by atoms with E-state index in [1.807, 2.05) is 89.9 Å². The molecule has 5 aromatic rings. The van der Waals surface area contributed by atoms with Gasteiger partial charge in [0, 0.05) is 30.5 Å². The third-order valence-electron chi connectivity index (χ3n) is 9.79. The van der Waals surface area contributed by atoms with Crippen LogP contribution in [0, 0.1) is 13.8 Å². The van der Waals surface area contributed by atoms with Crippen LogP contribution in [0.1, 0.15) is 78.9 Å². The van der Waals surface area contributed by atoms with Crippen molar-refractivity contribution in [2.45, 2.75) is 120 Å². The molecule has 0 aliphatic heterocycles. The van der Waals surface area contributed by atoms with Crippen LogP contribution in [-0.4, -0.2) is 35.0 Å². The van der Waals surface area contributed by atoms with Gasteiger partial charge in [0.05, 0.1) is 24.6 Å². The number of H-pyrrole nitrogens is 1. The fourth-order valence-electron chi connectivity index (χ4n) is 4.73. The lowest BCUT2D eigenvalue weighted by Crippen LogP contribution is -2.41. The lowest BCUT2D eigenvalue weighted by molar-refractivity contribution is 0.268. The number of nitrogens with one attached hydrogen (secondary N) is 1. The van der Waals surface area contributed by atoms with E-state index in [1.54, 1.807) is 4.57 Å². The average molecular weight is 693 g/mol. The maximum Gasteiger partial charge on any atom is 0.279 e. The number of aromatic amines is 1. The highest BCUT2D eigenvalue weighted by Gasteiger charge is 2.38. The predicted octanol–water partition coefficient (Wildman–Crippen LogP) is 9.65. The van der Waals surface area contributed by atoms with Crippen LogP contribution in [0.5, 0.6) is 0 Å². The van der Waals surface area contributed by atoms with Crippen LogP contribution in [-0.2, 0) is 22.1 Å². The highest BCUT2D eigenvalue weighted by molar-refractivity contribution is 6.74. The maximum absolute atomic E-state index is 13.3.